The maximum atomic E-state index is 11.8. The summed E-state index contributed by atoms with van der Waals surface area (Å²) in [4.78, 5) is 11.8. The summed E-state index contributed by atoms with van der Waals surface area (Å²) in [5, 5.41) is 31.4. The summed E-state index contributed by atoms with van der Waals surface area (Å²) in [5.41, 5.74) is 1.21. The molecule has 1 fully saturated rings. The van der Waals surface area contributed by atoms with Crippen molar-refractivity contribution in [2.75, 3.05) is 46.8 Å². The third-order valence-electron chi connectivity index (χ3n) is 7.08. The second kappa shape index (κ2) is 20.1. The van der Waals surface area contributed by atoms with E-state index in [1.807, 2.05) is 30.4 Å². The van der Waals surface area contributed by atoms with Crippen molar-refractivity contribution < 1.29 is 39.1 Å². The molecule has 1 saturated carbocycles. The van der Waals surface area contributed by atoms with Gasteiger partial charge in [-0.15, -0.1) is 0 Å². The van der Waals surface area contributed by atoms with E-state index in [0.29, 0.717) is 78.0 Å². The van der Waals surface area contributed by atoms with E-state index in [1.54, 1.807) is 7.11 Å². The summed E-state index contributed by atoms with van der Waals surface area (Å²) in [6.45, 7) is 2.61. The fourth-order valence-electron chi connectivity index (χ4n) is 4.90. The van der Waals surface area contributed by atoms with Crippen molar-refractivity contribution in [1.82, 2.24) is 0 Å². The van der Waals surface area contributed by atoms with Crippen molar-refractivity contribution in [3.63, 3.8) is 0 Å². The van der Waals surface area contributed by atoms with Crippen molar-refractivity contribution in [1.29, 1.82) is 0 Å². The number of carbonyl (C=O) groups excluding carboxylic acids is 1. The van der Waals surface area contributed by atoms with Gasteiger partial charge in [0.15, 0.2) is 0 Å². The Morgan fingerprint density at radius 2 is 1.63 bits per heavy atom. The van der Waals surface area contributed by atoms with Gasteiger partial charge in [0.1, 0.15) is 6.61 Å². The zero-order valence-corrected chi connectivity index (χ0v) is 22.9. The number of benzene rings is 1. The zero-order valence-electron chi connectivity index (χ0n) is 22.9. The lowest BCUT2D eigenvalue weighted by molar-refractivity contribution is -0.145. The highest BCUT2D eigenvalue weighted by atomic mass is 16.6. The number of allylic oxidation sites excluding steroid dienone is 2. The van der Waals surface area contributed by atoms with Crippen molar-refractivity contribution in [3.8, 4) is 0 Å². The molecule has 8 heteroatoms. The van der Waals surface area contributed by atoms with Crippen molar-refractivity contribution in [2.24, 2.45) is 11.8 Å². The summed E-state index contributed by atoms with van der Waals surface area (Å²) in [7, 11) is 1.62. The van der Waals surface area contributed by atoms with E-state index in [9.17, 15) is 20.1 Å². The molecule has 1 aromatic carbocycles. The fraction of sp³-hybridized carbons (Fsp3) is 0.700. The van der Waals surface area contributed by atoms with E-state index in [4.69, 9.17) is 18.9 Å². The summed E-state index contributed by atoms with van der Waals surface area (Å²) < 4.78 is 20.7. The van der Waals surface area contributed by atoms with Gasteiger partial charge < -0.3 is 34.3 Å². The van der Waals surface area contributed by atoms with Crippen LogP contribution in [0.25, 0.3) is 0 Å². The van der Waals surface area contributed by atoms with Gasteiger partial charge in [-0.2, -0.15) is 0 Å². The second-order valence-electron chi connectivity index (χ2n) is 9.99. The molecule has 5 atom stereocenters. The van der Waals surface area contributed by atoms with Gasteiger partial charge in [-0.1, -0.05) is 42.5 Å². The van der Waals surface area contributed by atoms with E-state index in [0.717, 1.165) is 12.8 Å². The van der Waals surface area contributed by atoms with Gasteiger partial charge in [0.25, 0.3) is 0 Å². The third-order valence-corrected chi connectivity index (χ3v) is 7.08. The minimum atomic E-state index is -0.536. The third kappa shape index (κ3) is 13.8. The molecular formula is C30H48O8. The molecule has 0 unspecified atom stereocenters. The predicted molar refractivity (Wildman–Crippen MR) is 146 cm³/mol. The van der Waals surface area contributed by atoms with Crippen molar-refractivity contribution in [3.05, 3.63) is 48.0 Å². The highest BCUT2D eigenvalue weighted by molar-refractivity contribution is 5.69. The van der Waals surface area contributed by atoms with Gasteiger partial charge in [0, 0.05) is 13.5 Å². The van der Waals surface area contributed by atoms with Crippen LogP contribution in [0.3, 0.4) is 0 Å². The molecule has 0 spiro atoms. The summed E-state index contributed by atoms with van der Waals surface area (Å²) in [5.74, 6) is -0.272. The van der Waals surface area contributed by atoms with Crippen LogP contribution in [0, 0.1) is 11.8 Å². The first-order valence-electron chi connectivity index (χ1n) is 14.0. The standard InChI is InChI=1S/C30H48O8/c1-35-17-18-36-19-20-37-21-22-38-30(34)12-8-3-2-7-11-26-27(29(33)23-28(26)32)16-15-25(31)14-13-24-9-5-4-6-10-24/h2,4-7,9-10,25-29,31-33H,3,8,11-23H2,1H3/b7-2-/t25-,26+,27+,28-,29+/m0/s1. The second-order valence-corrected chi connectivity index (χ2v) is 9.99. The Kier molecular flexibility index (Phi) is 17.2. The van der Waals surface area contributed by atoms with Gasteiger partial charge in [-0.25, -0.2) is 0 Å². The van der Waals surface area contributed by atoms with Gasteiger partial charge in [-0.3, -0.25) is 4.79 Å². The number of hydrogen-bond acceptors (Lipinski definition) is 8. The Morgan fingerprint density at radius 1 is 0.947 bits per heavy atom. The molecule has 0 aliphatic heterocycles. The molecule has 1 aliphatic rings. The number of ether oxygens (including phenoxy) is 4. The molecule has 0 amide bonds. The fourth-order valence-corrected chi connectivity index (χ4v) is 4.90. The first kappa shape index (κ1) is 32.4. The molecule has 0 heterocycles. The SMILES string of the molecule is COCCOCCOCCOC(=O)CCC/C=C\C[C@@H]1[C@@H](CC[C@@H](O)CCc2ccccc2)[C@H](O)C[C@@H]1O. The zero-order chi connectivity index (χ0) is 27.4. The molecule has 3 N–H and O–H groups in total. The van der Waals surface area contributed by atoms with Crippen LogP contribution in [0.5, 0.6) is 0 Å². The lowest BCUT2D eigenvalue weighted by Crippen LogP contribution is -2.23. The van der Waals surface area contributed by atoms with Crippen LogP contribution in [0.4, 0.5) is 0 Å². The van der Waals surface area contributed by atoms with Crippen LogP contribution >= 0.6 is 0 Å². The minimum Gasteiger partial charge on any atom is -0.463 e. The van der Waals surface area contributed by atoms with E-state index in [-0.39, 0.29) is 24.4 Å². The molecular weight excluding hydrogens is 488 g/mol. The Morgan fingerprint density at radius 3 is 2.37 bits per heavy atom. The van der Waals surface area contributed by atoms with E-state index in [1.165, 1.54) is 5.56 Å². The first-order valence-corrected chi connectivity index (χ1v) is 14.0. The number of methoxy groups -OCH3 is 1. The maximum absolute atomic E-state index is 11.8. The minimum absolute atomic E-state index is 0.0158. The van der Waals surface area contributed by atoms with Gasteiger partial charge in [-0.05, 0) is 68.8 Å². The number of unbranched alkanes of at least 4 members (excludes halogenated alkanes) is 1. The lowest BCUT2D eigenvalue weighted by Gasteiger charge is -2.23. The Bertz CT molecular complexity index is 756. The van der Waals surface area contributed by atoms with E-state index < -0.39 is 18.3 Å². The van der Waals surface area contributed by atoms with Crippen LogP contribution in [-0.4, -0.2) is 86.4 Å². The summed E-state index contributed by atoms with van der Waals surface area (Å²) in [6, 6.07) is 10.1. The van der Waals surface area contributed by atoms with Crippen LogP contribution < -0.4 is 0 Å². The number of rotatable bonds is 21. The topological polar surface area (TPSA) is 115 Å². The number of esters is 1. The number of carbonyl (C=O) groups is 1. The largest absolute Gasteiger partial charge is 0.463 e. The molecule has 0 radical (unpaired) electrons. The van der Waals surface area contributed by atoms with Gasteiger partial charge >= 0.3 is 5.97 Å². The van der Waals surface area contributed by atoms with Crippen molar-refractivity contribution in [2.45, 2.75) is 76.1 Å². The molecule has 2 rings (SSSR count). The number of aliphatic hydroxyl groups is 3. The molecule has 0 saturated heterocycles. The Labute approximate surface area is 227 Å². The van der Waals surface area contributed by atoms with Crippen LogP contribution in [0.15, 0.2) is 42.5 Å². The number of aliphatic hydroxyl groups excluding tert-OH is 3. The summed E-state index contributed by atoms with van der Waals surface area (Å²) >= 11 is 0. The molecule has 1 aliphatic carbocycles. The monoisotopic (exact) mass is 536 g/mol. The average molecular weight is 537 g/mol. The highest BCUT2D eigenvalue weighted by Gasteiger charge is 2.40. The molecule has 1 aromatic rings. The Balaban J connectivity index is 1.54. The number of hydrogen-bond donors (Lipinski definition) is 3. The van der Waals surface area contributed by atoms with Crippen LogP contribution in [0.1, 0.15) is 56.9 Å². The van der Waals surface area contributed by atoms with Crippen molar-refractivity contribution >= 4 is 5.97 Å². The highest BCUT2D eigenvalue weighted by Crippen LogP contribution is 2.38. The van der Waals surface area contributed by atoms with Gasteiger partial charge in [0.05, 0.1) is 51.3 Å². The lowest BCUT2D eigenvalue weighted by atomic mass is 9.85. The quantitative estimate of drug-likeness (QED) is 0.124. The van der Waals surface area contributed by atoms with E-state index >= 15 is 0 Å². The molecule has 0 bridgehead atoms. The summed E-state index contributed by atoms with van der Waals surface area (Å²) in [6.07, 6.45) is 8.29. The van der Waals surface area contributed by atoms with Crippen LogP contribution in [-0.2, 0) is 30.2 Å². The first-order chi connectivity index (χ1) is 18.5. The smallest absolute Gasteiger partial charge is 0.305 e. The molecule has 8 nitrogen and oxygen atoms in total. The normalized spacial score (nSPS) is 22.2. The molecule has 0 aromatic heterocycles. The van der Waals surface area contributed by atoms with Crippen LogP contribution in [0.2, 0.25) is 0 Å². The molecule has 216 valence electrons. The predicted octanol–water partition coefficient (Wildman–Crippen LogP) is 3.46. The van der Waals surface area contributed by atoms with Gasteiger partial charge in [0.2, 0.25) is 0 Å². The maximum Gasteiger partial charge on any atom is 0.305 e. The average Bonchev–Trinajstić information content (AvgIpc) is 3.19. The van der Waals surface area contributed by atoms with E-state index in [2.05, 4.69) is 12.1 Å². The Hall–Kier alpha value is -1.81. The number of aryl methyl sites for hydroxylation is 1. The molecule has 38 heavy (non-hydrogen) atoms.